The lowest BCUT2D eigenvalue weighted by Crippen LogP contribution is -2.52. The molecule has 0 aliphatic rings. The summed E-state index contributed by atoms with van der Waals surface area (Å²) in [4.78, 5) is 12.1. The Morgan fingerprint density at radius 3 is 2.33 bits per heavy atom. The van der Waals surface area contributed by atoms with Crippen LogP contribution in [0.5, 0.6) is 11.5 Å². The van der Waals surface area contributed by atoms with Gasteiger partial charge in [-0.1, -0.05) is 0 Å². The van der Waals surface area contributed by atoms with Crippen molar-refractivity contribution < 1.29 is 14.3 Å². The minimum absolute atomic E-state index is 0.188. The Kier molecular flexibility index (Phi) is 5.78. The van der Waals surface area contributed by atoms with Crippen LogP contribution in [-0.4, -0.2) is 30.8 Å². The first kappa shape index (κ1) is 17.0. The van der Waals surface area contributed by atoms with Crippen molar-refractivity contribution >= 4 is 23.2 Å². The molecule has 1 amide bonds. The van der Waals surface area contributed by atoms with Crippen LogP contribution < -0.4 is 25.6 Å². The fourth-order valence-corrected chi connectivity index (χ4v) is 1.90. The van der Waals surface area contributed by atoms with Gasteiger partial charge in [0, 0.05) is 11.6 Å². The molecule has 0 unspecified atom stereocenters. The number of hydrogen-bond donors (Lipinski definition) is 3. The average molecular weight is 311 g/mol. The number of carbonyl (C=O) groups excluding carboxylic acids is 1. The highest BCUT2D eigenvalue weighted by Crippen LogP contribution is 2.24. The third kappa shape index (κ3) is 5.47. The van der Waals surface area contributed by atoms with Crippen LogP contribution >= 0.6 is 12.2 Å². The smallest absolute Gasteiger partial charge is 0.273 e. The maximum Gasteiger partial charge on any atom is 0.273 e. The number of thiocarbonyl (C=S) groups is 1. The number of benzene rings is 1. The second-order valence-electron chi connectivity index (χ2n) is 5.35. The van der Waals surface area contributed by atoms with E-state index in [1.54, 1.807) is 25.3 Å². The van der Waals surface area contributed by atoms with Crippen molar-refractivity contribution in [1.29, 1.82) is 0 Å². The maximum atomic E-state index is 12.1. The van der Waals surface area contributed by atoms with E-state index in [0.717, 1.165) is 0 Å². The van der Waals surface area contributed by atoms with Crippen molar-refractivity contribution in [1.82, 2.24) is 16.2 Å². The number of methoxy groups -OCH3 is 2. The minimum Gasteiger partial charge on any atom is -0.497 e. The Hall–Kier alpha value is -2.02. The third-order valence-electron chi connectivity index (χ3n) is 2.43. The van der Waals surface area contributed by atoms with Gasteiger partial charge in [0.05, 0.1) is 19.8 Å². The molecule has 1 aromatic rings. The molecule has 7 heteroatoms. The van der Waals surface area contributed by atoms with Gasteiger partial charge in [0.2, 0.25) is 0 Å². The Balaban J connectivity index is 2.70. The van der Waals surface area contributed by atoms with E-state index in [0.29, 0.717) is 22.2 Å². The number of nitrogens with one attached hydrogen (secondary N) is 3. The molecular formula is C14H21N3O3S. The molecule has 1 aromatic carbocycles. The van der Waals surface area contributed by atoms with Crippen LogP contribution in [0.3, 0.4) is 0 Å². The lowest BCUT2D eigenvalue weighted by molar-refractivity contribution is 0.0940. The molecule has 3 N–H and O–H groups in total. The molecule has 21 heavy (non-hydrogen) atoms. The van der Waals surface area contributed by atoms with Gasteiger partial charge in [-0.05, 0) is 45.1 Å². The predicted molar refractivity (Wildman–Crippen MR) is 85.6 cm³/mol. The van der Waals surface area contributed by atoms with Gasteiger partial charge in [0.15, 0.2) is 5.11 Å². The molecule has 0 saturated heterocycles. The second-order valence-corrected chi connectivity index (χ2v) is 5.76. The molecule has 0 saturated carbocycles. The van der Waals surface area contributed by atoms with Gasteiger partial charge in [0.25, 0.3) is 5.91 Å². The summed E-state index contributed by atoms with van der Waals surface area (Å²) < 4.78 is 10.3. The largest absolute Gasteiger partial charge is 0.497 e. The lowest BCUT2D eigenvalue weighted by Gasteiger charge is -2.23. The minimum atomic E-state index is -0.354. The van der Waals surface area contributed by atoms with Crippen LogP contribution in [0.2, 0.25) is 0 Å². The predicted octanol–water partition coefficient (Wildman–Crippen LogP) is 1.61. The molecule has 116 valence electrons. The quantitative estimate of drug-likeness (QED) is 0.582. The molecule has 6 nitrogen and oxygen atoms in total. The van der Waals surface area contributed by atoms with E-state index in [9.17, 15) is 4.79 Å². The van der Waals surface area contributed by atoms with E-state index in [4.69, 9.17) is 21.7 Å². The Bertz CT molecular complexity index is 527. The van der Waals surface area contributed by atoms with E-state index in [1.165, 1.54) is 7.11 Å². The zero-order chi connectivity index (χ0) is 16.0. The first-order valence-corrected chi connectivity index (χ1v) is 6.78. The number of ether oxygens (including phenoxy) is 2. The normalized spacial score (nSPS) is 10.5. The summed E-state index contributed by atoms with van der Waals surface area (Å²) in [5.41, 5.74) is 5.36. The summed E-state index contributed by atoms with van der Waals surface area (Å²) in [6.45, 7) is 5.90. The topological polar surface area (TPSA) is 71.6 Å². The van der Waals surface area contributed by atoms with Crippen molar-refractivity contribution in [2.75, 3.05) is 14.2 Å². The number of hydrogen-bond acceptors (Lipinski definition) is 4. The highest BCUT2D eigenvalue weighted by Gasteiger charge is 2.15. The highest BCUT2D eigenvalue weighted by atomic mass is 32.1. The number of hydrazine groups is 1. The van der Waals surface area contributed by atoms with Crippen LogP contribution in [0.4, 0.5) is 0 Å². The van der Waals surface area contributed by atoms with Crippen molar-refractivity contribution in [3.8, 4) is 11.5 Å². The van der Waals surface area contributed by atoms with Gasteiger partial charge in [-0.3, -0.25) is 15.6 Å². The molecular weight excluding hydrogens is 290 g/mol. The standard InChI is InChI=1S/C14H21N3O3S/c1-14(2,3)15-13(21)17-16-12(18)10-7-6-9(19-4)8-11(10)20-5/h6-8H,1-5H3,(H,16,18)(H2,15,17,21). The van der Waals surface area contributed by atoms with E-state index in [-0.39, 0.29) is 11.4 Å². The molecule has 0 heterocycles. The zero-order valence-corrected chi connectivity index (χ0v) is 13.7. The summed E-state index contributed by atoms with van der Waals surface area (Å²) >= 11 is 5.08. The zero-order valence-electron chi connectivity index (χ0n) is 12.9. The number of carbonyl (C=O) groups is 1. The van der Waals surface area contributed by atoms with E-state index in [1.807, 2.05) is 20.8 Å². The van der Waals surface area contributed by atoms with Crippen LogP contribution in [0.25, 0.3) is 0 Å². The van der Waals surface area contributed by atoms with Gasteiger partial charge < -0.3 is 14.8 Å². The molecule has 0 bridgehead atoms. The van der Waals surface area contributed by atoms with Crippen LogP contribution in [-0.2, 0) is 0 Å². The SMILES string of the molecule is COc1ccc(C(=O)NNC(=S)NC(C)(C)C)c(OC)c1. The lowest BCUT2D eigenvalue weighted by atomic mass is 10.1. The molecule has 1 rings (SSSR count). The number of amides is 1. The van der Waals surface area contributed by atoms with Gasteiger partial charge >= 0.3 is 0 Å². The fraction of sp³-hybridized carbons (Fsp3) is 0.429. The summed E-state index contributed by atoms with van der Waals surface area (Å²) in [5, 5.41) is 3.36. The van der Waals surface area contributed by atoms with E-state index >= 15 is 0 Å². The van der Waals surface area contributed by atoms with Gasteiger partial charge in [-0.25, -0.2) is 0 Å². The molecule has 0 spiro atoms. The summed E-state index contributed by atoms with van der Waals surface area (Å²) in [6, 6.07) is 4.94. The van der Waals surface area contributed by atoms with E-state index in [2.05, 4.69) is 16.2 Å². The summed E-state index contributed by atoms with van der Waals surface area (Å²) in [6.07, 6.45) is 0. The molecule has 0 aromatic heterocycles. The third-order valence-corrected chi connectivity index (χ3v) is 2.64. The first-order chi connectivity index (χ1) is 9.76. The summed E-state index contributed by atoms with van der Waals surface area (Å²) in [7, 11) is 3.04. The molecule has 0 radical (unpaired) electrons. The van der Waals surface area contributed by atoms with E-state index < -0.39 is 0 Å². The monoisotopic (exact) mass is 311 g/mol. The Morgan fingerprint density at radius 1 is 1.14 bits per heavy atom. The van der Waals surface area contributed by atoms with Crippen LogP contribution in [0.15, 0.2) is 18.2 Å². The Labute approximate surface area is 130 Å². The Morgan fingerprint density at radius 2 is 1.81 bits per heavy atom. The van der Waals surface area contributed by atoms with Crippen molar-refractivity contribution in [2.45, 2.75) is 26.3 Å². The van der Waals surface area contributed by atoms with Crippen molar-refractivity contribution in [3.05, 3.63) is 23.8 Å². The molecule has 0 aliphatic heterocycles. The second kappa shape index (κ2) is 7.12. The van der Waals surface area contributed by atoms with Gasteiger partial charge in [-0.2, -0.15) is 0 Å². The van der Waals surface area contributed by atoms with Gasteiger partial charge in [-0.15, -0.1) is 0 Å². The molecule has 0 atom stereocenters. The van der Waals surface area contributed by atoms with Crippen molar-refractivity contribution in [2.24, 2.45) is 0 Å². The average Bonchev–Trinajstić information content (AvgIpc) is 2.42. The highest BCUT2D eigenvalue weighted by molar-refractivity contribution is 7.80. The van der Waals surface area contributed by atoms with Crippen LogP contribution in [0.1, 0.15) is 31.1 Å². The maximum absolute atomic E-state index is 12.1. The van der Waals surface area contributed by atoms with Crippen molar-refractivity contribution in [3.63, 3.8) is 0 Å². The van der Waals surface area contributed by atoms with Crippen LogP contribution in [0, 0.1) is 0 Å². The van der Waals surface area contributed by atoms with Gasteiger partial charge in [0.1, 0.15) is 11.5 Å². The summed E-state index contributed by atoms with van der Waals surface area (Å²) in [5.74, 6) is 0.678. The fourth-order valence-electron chi connectivity index (χ4n) is 1.54. The number of rotatable bonds is 3. The molecule has 0 aliphatic carbocycles. The molecule has 0 fully saturated rings. The first-order valence-electron chi connectivity index (χ1n) is 6.37.